The highest BCUT2D eigenvalue weighted by molar-refractivity contribution is 5.21. The minimum Gasteiger partial charge on any atom is -0.489 e. The summed E-state index contributed by atoms with van der Waals surface area (Å²) in [6, 6.07) is 4.98. The van der Waals surface area contributed by atoms with Crippen molar-refractivity contribution in [2.45, 2.75) is 6.29 Å². The van der Waals surface area contributed by atoms with Crippen molar-refractivity contribution in [3.05, 3.63) is 40.2 Å². The zero-order chi connectivity index (χ0) is 11.3. The van der Waals surface area contributed by atoms with Crippen LogP contribution in [0.2, 0.25) is 0 Å². The maximum atomic E-state index is 12.4. The fraction of sp³-hybridized carbons (Fsp3) is 0.250. The Balaban J connectivity index is 2.36. The standard InChI is InChI=1S/C8H8FNO5/c9-6-1-3-7(4-2-6)14-5-8(11)15-10(12)13/h1-4,8,11H,5H2. The minimum absolute atomic E-state index is 0.280. The Bertz CT molecular complexity index is 328. The van der Waals surface area contributed by atoms with Gasteiger partial charge in [-0.2, -0.15) is 0 Å². The van der Waals surface area contributed by atoms with Gasteiger partial charge in [-0.3, -0.25) is 4.84 Å². The fourth-order valence-electron chi connectivity index (χ4n) is 0.828. The molecule has 7 heteroatoms. The molecule has 0 heterocycles. The highest BCUT2D eigenvalue weighted by Crippen LogP contribution is 2.11. The Labute approximate surface area is 84.0 Å². The first kappa shape index (κ1) is 11.2. The first-order chi connectivity index (χ1) is 7.08. The molecule has 0 amide bonds. The summed E-state index contributed by atoms with van der Waals surface area (Å²) in [5, 5.41) is 17.5. The number of aliphatic hydroxyl groups excluding tert-OH is 1. The van der Waals surface area contributed by atoms with Crippen LogP contribution in [0.25, 0.3) is 0 Å². The van der Waals surface area contributed by atoms with Crippen molar-refractivity contribution in [2.75, 3.05) is 6.61 Å². The maximum Gasteiger partial charge on any atom is 0.297 e. The Morgan fingerprint density at radius 2 is 2.07 bits per heavy atom. The van der Waals surface area contributed by atoms with Crippen molar-refractivity contribution < 1.29 is 24.2 Å². The van der Waals surface area contributed by atoms with Gasteiger partial charge >= 0.3 is 0 Å². The second-order valence-corrected chi connectivity index (χ2v) is 2.55. The lowest BCUT2D eigenvalue weighted by atomic mass is 10.3. The van der Waals surface area contributed by atoms with E-state index in [0.29, 0.717) is 0 Å². The van der Waals surface area contributed by atoms with E-state index in [1.807, 2.05) is 0 Å². The molecule has 0 fully saturated rings. The number of rotatable bonds is 5. The van der Waals surface area contributed by atoms with Gasteiger partial charge in [0.2, 0.25) is 6.29 Å². The summed E-state index contributed by atoms with van der Waals surface area (Å²) in [6.07, 6.45) is -1.66. The van der Waals surface area contributed by atoms with E-state index >= 15 is 0 Å². The van der Waals surface area contributed by atoms with Crippen molar-refractivity contribution in [3.8, 4) is 5.75 Å². The van der Waals surface area contributed by atoms with E-state index in [9.17, 15) is 14.5 Å². The van der Waals surface area contributed by atoms with Crippen LogP contribution in [-0.4, -0.2) is 23.1 Å². The molecule has 0 aliphatic heterocycles. The summed E-state index contributed by atoms with van der Waals surface area (Å²) < 4.78 is 17.3. The van der Waals surface area contributed by atoms with Gasteiger partial charge in [0.25, 0.3) is 5.09 Å². The smallest absolute Gasteiger partial charge is 0.297 e. The van der Waals surface area contributed by atoms with Gasteiger partial charge in [-0.25, -0.2) is 4.39 Å². The molecule has 1 atom stereocenters. The quantitative estimate of drug-likeness (QED) is 0.446. The van der Waals surface area contributed by atoms with Crippen LogP contribution in [0.4, 0.5) is 4.39 Å². The number of halogens is 1. The average Bonchev–Trinajstić information content (AvgIpc) is 2.16. The first-order valence-corrected chi connectivity index (χ1v) is 3.95. The molecule has 1 N–H and O–H groups in total. The SMILES string of the molecule is O=[N+]([O-])OC(O)COc1ccc(F)cc1. The van der Waals surface area contributed by atoms with Crippen molar-refractivity contribution in [2.24, 2.45) is 0 Å². The van der Waals surface area contributed by atoms with Gasteiger partial charge in [0.05, 0.1) is 0 Å². The lowest BCUT2D eigenvalue weighted by molar-refractivity contribution is -0.780. The molecule has 6 nitrogen and oxygen atoms in total. The molecule has 0 radical (unpaired) electrons. The van der Waals surface area contributed by atoms with Crippen LogP contribution in [0.5, 0.6) is 5.75 Å². The molecule has 0 aliphatic rings. The van der Waals surface area contributed by atoms with Gasteiger partial charge in [-0.05, 0) is 24.3 Å². The van der Waals surface area contributed by atoms with Gasteiger partial charge in [-0.1, -0.05) is 0 Å². The lowest BCUT2D eigenvalue weighted by Crippen LogP contribution is -2.23. The summed E-state index contributed by atoms with van der Waals surface area (Å²) >= 11 is 0. The third-order valence-corrected chi connectivity index (χ3v) is 1.41. The molecule has 1 rings (SSSR count). The van der Waals surface area contributed by atoms with E-state index in [2.05, 4.69) is 4.84 Å². The second-order valence-electron chi connectivity index (χ2n) is 2.55. The number of nitrogens with zero attached hydrogens (tertiary/aromatic N) is 1. The van der Waals surface area contributed by atoms with Crippen LogP contribution < -0.4 is 4.74 Å². The number of hydrogen-bond donors (Lipinski definition) is 1. The number of ether oxygens (including phenoxy) is 1. The Kier molecular flexibility index (Phi) is 3.81. The van der Waals surface area contributed by atoms with Crippen LogP contribution in [0, 0.1) is 15.9 Å². The molecular formula is C8H8FNO5. The fourth-order valence-corrected chi connectivity index (χ4v) is 0.828. The first-order valence-electron chi connectivity index (χ1n) is 3.95. The van der Waals surface area contributed by atoms with E-state index in [1.54, 1.807) is 0 Å². The zero-order valence-corrected chi connectivity index (χ0v) is 7.50. The molecule has 1 unspecified atom stereocenters. The van der Waals surface area contributed by atoms with E-state index in [0.717, 1.165) is 12.1 Å². The predicted molar refractivity (Wildman–Crippen MR) is 46.0 cm³/mol. The van der Waals surface area contributed by atoms with E-state index in [-0.39, 0.29) is 5.75 Å². The molecule has 0 saturated carbocycles. The van der Waals surface area contributed by atoms with Crippen molar-refractivity contribution in [1.82, 2.24) is 0 Å². The average molecular weight is 217 g/mol. The summed E-state index contributed by atoms with van der Waals surface area (Å²) in [6.45, 7) is -0.410. The van der Waals surface area contributed by atoms with Crippen LogP contribution in [0.15, 0.2) is 24.3 Å². The van der Waals surface area contributed by atoms with Crippen LogP contribution in [0.3, 0.4) is 0 Å². The molecule has 1 aromatic rings. The maximum absolute atomic E-state index is 12.4. The van der Waals surface area contributed by atoms with E-state index < -0.39 is 23.8 Å². The third-order valence-electron chi connectivity index (χ3n) is 1.41. The number of benzene rings is 1. The summed E-state index contributed by atoms with van der Waals surface area (Å²) in [4.78, 5) is 13.6. The molecule has 1 aromatic carbocycles. The molecule has 82 valence electrons. The molecule has 0 saturated heterocycles. The highest BCUT2D eigenvalue weighted by Gasteiger charge is 2.09. The number of hydrogen-bond acceptors (Lipinski definition) is 5. The molecular weight excluding hydrogens is 209 g/mol. The molecule has 15 heavy (non-hydrogen) atoms. The van der Waals surface area contributed by atoms with Gasteiger partial charge in [0.15, 0.2) is 0 Å². The molecule has 0 spiro atoms. The number of aliphatic hydroxyl groups is 1. The van der Waals surface area contributed by atoms with Crippen LogP contribution in [-0.2, 0) is 4.84 Å². The monoisotopic (exact) mass is 217 g/mol. The predicted octanol–water partition coefficient (Wildman–Crippen LogP) is 0.731. The molecule has 0 bridgehead atoms. The Morgan fingerprint density at radius 3 is 2.60 bits per heavy atom. The van der Waals surface area contributed by atoms with Crippen LogP contribution in [0.1, 0.15) is 0 Å². The van der Waals surface area contributed by atoms with Gasteiger partial charge in [0.1, 0.15) is 18.2 Å². The summed E-state index contributed by atoms with van der Waals surface area (Å²) in [5.41, 5.74) is 0. The van der Waals surface area contributed by atoms with Gasteiger partial charge < -0.3 is 9.84 Å². The Hall–Kier alpha value is -1.89. The van der Waals surface area contributed by atoms with Crippen molar-refractivity contribution >= 4 is 0 Å². The summed E-state index contributed by atoms with van der Waals surface area (Å²) in [5.74, 6) is -0.146. The summed E-state index contributed by atoms with van der Waals surface area (Å²) in [7, 11) is 0. The van der Waals surface area contributed by atoms with Gasteiger partial charge in [0, 0.05) is 0 Å². The van der Waals surface area contributed by atoms with E-state index in [1.165, 1.54) is 12.1 Å². The topological polar surface area (TPSA) is 81.8 Å². The van der Waals surface area contributed by atoms with Gasteiger partial charge in [-0.15, -0.1) is 10.1 Å². The minimum atomic E-state index is -1.66. The second kappa shape index (κ2) is 5.11. The Morgan fingerprint density at radius 1 is 1.47 bits per heavy atom. The zero-order valence-electron chi connectivity index (χ0n) is 7.50. The largest absolute Gasteiger partial charge is 0.489 e. The molecule has 0 aliphatic carbocycles. The molecule has 0 aromatic heterocycles. The lowest BCUT2D eigenvalue weighted by Gasteiger charge is -2.09. The van der Waals surface area contributed by atoms with Crippen LogP contribution >= 0.6 is 0 Å². The van der Waals surface area contributed by atoms with E-state index in [4.69, 9.17) is 9.84 Å². The highest BCUT2D eigenvalue weighted by atomic mass is 19.1. The van der Waals surface area contributed by atoms with Crippen molar-refractivity contribution in [1.29, 1.82) is 0 Å². The van der Waals surface area contributed by atoms with Crippen molar-refractivity contribution in [3.63, 3.8) is 0 Å². The normalized spacial score (nSPS) is 11.9. The third kappa shape index (κ3) is 4.23.